The minimum absolute atomic E-state index is 0.0296. The molecule has 1 aromatic rings. The Balaban J connectivity index is 1.95. The minimum atomic E-state index is -0.111. The largest absolute Gasteiger partial charge is 0.347 e. The number of likely N-dealkylation sites (tertiary alicyclic amines) is 1. The van der Waals surface area contributed by atoms with Crippen LogP contribution in [0.1, 0.15) is 45.4 Å². The van der Waals surface area contributed by atoms with E-state index < -0.39 is 0 Å². The quantitative estimate of drug-likeness (QED) is 0.891. The van der Waals surface area contributed by atoms with E-state index in [4.69, 9.17) is 4.98 Å². The van der Waals surface area contributed by atoms with Crippen molar-refractivity contribution in [2.24, 2.45) is 0 Å². The van der Waals surface area contributed by atoms with Gasteiger partial charge in [-0.3, -0.25) is 4.90 Å². The molecule has 0 radical (unpaired) electrons. The first kappa shape index (κ1) is 18.9. The number of rotatable bonds is 3. The number of anilines is 1. The van der Waals surface area contributed by atoms with Crippen LogP contribution in [-0.2, 0) is 12.0 Å². The van der Waals surface area contributed by atoms with E-state index in [1.165, 1.54) is 5.56 Å². The van der Waals surface area contributed by atoms with Crippen LogP contribution in [0.15, 0.2) is 6.20 Å². The summed E-state index contributed by atoms with van der Waals surface area (Å²) in [4.78, 5) is 28.4. The molecule has 1 N–H and O–H groups in total. The normalized spacial score (nSPS) is 23.0. The van der Waals surface area contributed by atoms with Crippen molar-refractivity contribution in [2.75, 3.05) is 38.6 Å². The van der Waals surface area contributed by atoms with Crippen LogP contribution in [-0.4, -0.2) is 71.6 Å². The molecular formula is C19H32N6O. The highest BCUT2D eigenvalue weighted by molar-refractivity contribution is 5.75. The van der Waals surface area contributed by atoms with Crippen molar-refractivity contribution in [1.82, 2.24) is 25.1 Å². The number of aromatic nitrogens is 2. The summed E-state index contributed by atoms with van der Waals surface area (Å²) in [7, 11) is 3.93. The van der Waals surface area contributed by atoms with E-state index in [1.807, 2.05) is 43.9 Å². The maximum Gasteiger partial charge on any atom is 0.317 e. The van der Waals surface area contributed by atoms with Crippen LogP contribution >= 0.6 is 0 Å². The minimum Gasteiger partial charge on any atom is -0.347 e. The Bertz CT molecular complexity index is 674. The van der Waals surface area contributed by atoms with Gasteiger partial charge in [-0.2, -0.15) is 0 Å². The average molecular weight is 361 g/mol. The lowest BCUT2D eigenvalue weighted by Crippen LogP contribution is -2.51. The van der Waals surface area contributed by atoms with Gasteiger partial charge in [0.1, 0.15) is 0 Å². The monoisotopic (exact) mass is 360 g/mol. The number of hydrogen-bond donors (Lipinski definition) is 1. The lowest BCUT2D eigenvalue weighted by Gasteiger charge is -2.42. The molecule has 7 nitrogen and oxygen atoms in total. The lowest BCUT2D eigenvalue weighted by atomic mass is 9.77. The highest BCUT2D eigenvalue weighted by atomic mass is 16.2. The molecule has 3 heterocycles. The van der Waals surface area contributed by atoms with Crippen LogP contribution < -0.4 is 10.2 Å². The summed E-state index contributed by atoms with van der Waals surface area (Å²) in [6.07, 6.45) is 2.92. The Morgan fingerprint density at radius 3 is 2.62 bits per heavy atom. The Labute approximate surface area is 156 Å². The molecule has 1 fully saturated rings. The van der Waals surface area contributed by atoms with E-state index in [0.717, 1.165) is 37.7 Å². The smallest absolute Gasteiger partial charge is 0.317 e. The van der Waals surface area contributed by atoms with Gasteiger partial charge in [-0.1, -0.05) is 0 Å². The van der Waals surface area contributed by atoms with E-state index in [-0.39, 0.29) is 17.5 Å². The molecule has 144 valence electrons. The second-order valence-electron chi connectivity index (χ2n) is 8.49. The van der Waals surface area contributed by atoms with Gasteiger partial charge in [-0.15, -0.1) is 0 Å². The van der Waals surface area contributed by atoms with Crippen molar-refractivity contribution < 1.29 is 4.79 Å². The number of urea groups is 1. The zero-order valence-electron chi connectivity index (χ0n) is 16.9. The average Bonchev–Trinajstić information content (AvgIpc) is 2.98. The summed E-state index contributed by atoms with van der Waals surface area (Å²) >= 11 is 0. The highest BCUT2D eigenvalue weighted by Crippen LogP contribution is 2.41. The summed E-state index contributed by atoms with van der Waals surface area (Å²) in [6, 6.07) is 0.626. The van der Waals surface area contributed by atoms with Gasteiger partial charge in [0.2, 0.25) is 5.95 Å². The topological polar surface area (TPSA) is 64.6 Å². The predicted molar refractivity (Wildman–Crippen MR) is 103 cm³/mol. The fourth-order valence-corrected chi connectivity index (χ4v) is 4.00. The second-order valence-corrected chi connectivity index (χ2v) is 8.49. The van der Waals surface area contributed by atoms with Crippen LogP contribution in [0, 0.1) is 0 Å². The number of hydrogen-bond acceptors (Lipinski definition) is 5. The molecule has 0 saturated carbocycles. The van der Waals surface area contributed by atoms with Gasteiger partial charge in [0.15, 0.2) is 0 Å². The zero-order valence-corrected chi connectivity index (χ0v) is 16.9. The Kier molecular flexibility index (Phi) is 5.10. The van der Waals surface area contributed by atoms with E-state index in [0.29, 0.717) is 12.6 Å². The van der Waals surface area contributed by atoms with Crippen molar-refractivity contribution in [3.8, 4) is 0 Å². The number of carbonyl (C=O) groups excluding carboxylic acids is 1. The summed E-state index contributed by atoms with van der Waals surface area (Å²) in [6.45, 7) is 11.7. The molecule has 7 heteroatoms. The molecule has 3 rings (SSSR count). The molecule has 2 aliphatic heterocycles. The van der Waals surface area contributed by atoms with Crippen molar-refractivity contribution >= 4 is 12.0 Å². The Morgan fingerprint density at radius 1 is 1.27 bits per heavy atom. The molecule has 1 atom stereocenters. The summed E-state index contributed by atoms with van der Waals surface area (Å²) in [5.74, 6) is 0.742. The SMILES string of the molecule is CC(C)NC(=O)N1CC[C@@]2(C1)CN(C(C)C)Cc1cnc(N(C)C)nc12. The maximum absolute atomic E-state index is 12.5. The van der Waals surface area contributed by atoms with Gasteiger partial charge in [-0.25, -0.2) is 14.8 Å². The van der Waals surface area contributed by atoms with Crippen LogP contribution in [0.2, 0.25) is 0 Å². The first-order chi connectivity index (χ1) is 12.2. The molecule has 0 bridgehead atoms. The molecule has 2 aliphatic rings. The first-order valence-electron chi connectivity index (χ1n) is 9.55. The number of fused-ring (bicyclic) bond motifs is 2. The Hall–Kier alpha value is -1.89. The first-order valence-corrected chi connectivity index (χ1v) is 9.55. The predicted octanol–water partition coefficient (Wildman–Crippen LogP) is 1.83. The third-order valence-electron chi connectivity index (χ3n) is 5.42. The van der Waals surface area contributed by atoms with Gasteiger partial charge in [-0.05, 0) is 34.1 Å². The van der Waals surface area contributed by atoms with E-state index in [9.17, 15) is 4.79 Å². The van der Waals surface area contributed by atoms with Crippen molar-refractivity contribution in [2.45, 2.75) is 58.2 Å². The molecule has 1 aromatic heterocycles. The summed E-state index contributed by atoms with van der Waals surface area (Å²) < 4.78 is 0. The van der Waals surface area contributed by atoms with E-state index >= 15 is 0 Å². The molecule has 26 heavy (non-hydrogen) atoms. The van der Waals surface area contributed by atoms with Crippen LogP contribution in [0.4, 0.5) is 10.7 Å². The second kappa shape index (κ2) is 7.02. The Morgan fingerprint density at radius 2 is 2.00 bits per heavy atom. The molecule has 0 aliphatic carbocycles. The van der Waals surface area contributed by atoms with Crippen LogP contribution in [0.3, 0.4) is 0 Å². The zero-order chi connectivity index (χ0) is 19.1. The fourth-order valence-electron chi connectivity index (χ4n) is 4.00. The van der Waals surface area contributed by atoms with E-state index in [1.54, 1.807) is 0 Å². The van der Waals surface area contributed by atoms with Gasteiger partial charge < -0.3 is 15.1 Å². The molecule has 0 aromatic carbocycles. The summed E-state index contributed by atoms with van der Waals surface area (Å²) in [5, 5.41) is 3.03. The number of carbonyl (C=O) groups is 1. The van der Waals surface area contributed by atoms with Crippen LogP contribution in [0.5, 0.6) is 0 Å². The van der Waals surface area contributed by atoms with Gasteiger partial charge >= 0.3 is 6.03 Å². The van der Waals surface area contributed by atoms with E-state index in [2.05, 4.69) is 29.0 Å². The van der Waals surface area contributed by atoms with Gasteiger partial charge in [0, 0.05) is 69.5 Å². The number of nitrogens with zero attached hydrogens (tertiary/aromatic N) is 5. The molecule has 1 saturated heterocycles. The van der Waals surface area contributed by atoms with Crippen molar-refractivity contribution in [1.29, 1.82) is 0 Å². The summed E-state index contributed by atoms with van der Waals surface area (Å²) in [5.41, 5.74) is 2.22. The molecular weight excluding hydrogens is 328 g/mol. The van der Waals surface area contributed by atoms with Gasteiger partial charge in [0.25, 0.3) is 0 Å². The molecule has 1 spiro atoms. The fraction of sp³-hybridized carbons (Fsp3) is 0.737. The number of amides is 2. The number of nitrogens with one attached hydrogen (secondary N) is 1. The van der Waals surface area contributed by atoms with Crippen LogP contribution in [0.25, 0.3) is 0 Å². The third-order valence-corrected chi connectivity index (χ3v) is 5.42. The molecule has 2 amide bonds. The van der Waals surface area contributed by atoms with Crippen molar-refractivity contribution in [3.63, 3.8) is 0 Å². The third kappa shape index (κ3) is 3.49. The standard InChI is InChI=1S/C19H32N6O/c1-13(2)21-18(26)24-8-7-19(11-24)12-25(14(3)4)10-15-9-20-17(23(5)6)22-16(15)19/h9,13-14H,7-8,10-12H2,1-6H3,(H,21,26)/t19-/m1/s1. The van der Waals surface area contributed by atoms with Gasteiger partial charge in [0.05, 0.1) is 5.69 Å². The molecule has 0 unspecified atom stereocenters. The maximum atomic E-state index is 12.5. The van der Waals surface area contributed by atoms with Crippen molar-refractivity contribution in [3.05, 3.63) is 17.5 Å². The lowest BCUT2D eigenvalue weighted by molar-refractivity contribution is 0.136. The highest BCUT2D eigenvalue weighted by Gasteiger charge is 2.48.